The quantitative estimate of drug-likeness (QED) is 0.471. The van der Waals surface area contributed by atoms with Crippen LogP contribution in [0.15, 0.2) is 42.5 Å². The maximum Gasteiger partial charge on any atom is 0.244 e. The van der Waals surface area contributed by atoms with Crippen LogP contribution in [0.3, 0.4) is 0 Å². The highest BCUT2D eigenvalue weighted by molar-refractivity contribution is 7.92. The van der Waals surface area contributed by atoms with Crippen LogP contribution in [-0.2, 0) is 26.2 Å². The molecule has 0 saturated carbocycles. The lowest BCUT2D eigenvalue weighted by molar-refractivity contribution is -0.140. The summed E-state index contributed by atoms with van der Waals surface area (Å²) >= 11 is 0. The standard InChI is InChI=1S/C26H37N3O7S/c1-18(25(31)27-26(2,3)4)28(16-19-10-9-11-20(14-19)34-5)24(30)17-29(37(8,32)33)22-13-12-21(35-6)15-23(22)36-7/h9-15,18H,16-17H2,1-8H3,(H,27,31)/t18-/m0/s1. The zero-order chi connectivity index (χ0) is 28.0. The number of ether oxygens (including phenoxy) is 3. The van der Waals surface area contributed by atoms with E-state index in [1.54, 1.807) is 37.3 Å². The summed E-state index contributed by atoms with van der Waals surface area (Å²) in [5, 5.41) is 2.89. The first-order valence-corrected chi connectivity index (χ1v) is 13.5. The van der Waals surface area contributed by atoms with Crippen LogP contribution in [0.25, 0.3) is 0 Å². The van der Waals surface area contributed by atoms with Crippen LogP contribution < -0.4 is 23.8 Å². The molecule has 0 heterocycles. The summed E-state index contributed by atoms with van der Waals surface area (Å²) in [7, 11) is 0.499. The van der Waals surface area contributed by atoms with E-state index in [1.807, 2.05) is 20.8 Å². The topological polar surface area (TPSA) is 114 Å². The number of carbonyl (C=O) groups is 2. The van der Waals surface area contributed by atoms with Crippen molar-refractivity contribution in [3.63, 3.8) is 0 Å². The van der Waals surface area contributed by atoms with Crippen LogP contribution in [0, 0.1) is 0 Å². The molecule has 1 N–H and O–H groups in total. The van der Waals surface area contributed by atoms with Crippen LogP contribution in [0.4, 0.5) is 5.69 Å². The molecule has 0 aromatic heterocycles. The molecule has 0 saturated heterocycles. The molecule has 0 radical (unpaired) electrons. The van der Waals surface area contributed by atoms with E-state index < -0.39 is 34.1 Å². The Morgan fingerprint density at radius 1 is 0.973 bits per heavy atom. The molecule has 37 heavy (non-hydrogen) atoms. The highest BCUT2D eigenvalue weighted by Crippen LogP contribution is 2.33. The molecule has 1 atom stereocenters. The molecule has 0 aliphatic carbocycles. The lowest BCUT2D eigenvalue weighted by atomic mass is 10.1. The summed E-state index contributed by atoms with van der Waals surface area (Å²) in [4.78, 5) is 28.1. The van der Waals surface area contributed by atoms with Crippen molar-refractivity contribution in [1.29, 1.82) is 0 Å². The molecular formula is C26H37N3O7S. The molecule has 2 amide bonds. The number of nitrogens with zero attached hydrogens (tertiary/aromatic N) is 2. The third kappa shape index (κ3) is 8.28. The minimum Gasteiger partial charge on any atom is -0.497 e. The van der Waals surface area contributed by atoms with Gasteiger partial charge in [-0.05, 0) is 57.5 Å². The molecule has 2 aromatic carbocycles. The number of anilines is 1. The van der Waals surface area contributed by atoms with Crippen LogP contribution >= 0.6 is 0 Å². The summed E-state index contributed by atoms with van der Waals surface area (Å²) in [6.07, 6.45) is 1.01. The fraction of sp³-hybridized carbons (Fsp3) is 0.462. The number of benzene rings is 2. The Bertz CT molecular complexity index is 1210. The number of hydrogen-bond donors (Lipinski definition) is 1. The molecule has 0 bridgehead atoms. The van der Waals surface area contributed by atoms with Gasteiger partial charge in [0.2, 0.25) is 21.8 Å². The Labute approximate surface area is 219 Å². The average molecular weight is 536 g/mol. The summed E-state index contributed by atoms with van der Waals surface area (Å²) in [5.74, 6) is 0.347. The van der Waals surface area contributed by atoms with E-state index in [2.05, 4.69) is 5.32 Å². The highest BCUT2D eigenvalue weighted by atomic mass is 32.2. The van der Waals surface area contributed by atoms with E-state index in [1.165, 1.54) is 38.4 Å². The van der Waals surface area contributed by atoms with Crippen molar-refractivity contribution >= 4 is 27.5 Å². The highest BCUT2D eigenvalue weighted by Gasteiger charge is 2.32. The molecule has 0 aliphatic rings. The minimum absolute atomic E-state index is 0.0616. The summed E-state index contributed by atoms with van der Waals surface area (Å²) in [6.45, 7) is 6.65. The van der Waals surface area contributed by atoms with Gasteiger partial charge in [0.15, 0.2) is 0 Å². The van der Waals surface area contributed by atoms with Crippen molar-refractivity contribution < 1.29 is 32.2 Å². The Balaban J connectivity index is 2.49. The van der Waals surface area contributed by atoms with Crippen LogP contribution in [0.1, 0.15) is 33.3 Å². The maximum atomic E-state index is 13.7. The van der Waals surface area contributed by atoms with Crippen molar-refractivity contribution in [2.24, 2.45) is 0 Å². The molecule has 2 rings (SSSR count). The number of sulfonamides is 1. The summed E-state index contributed by atoms with van der Waals surface area (Å²) in [5.41, 5.74) is 0.369. The second-order valence-corrected chi connectivity index (χ2v) is 11.5. The molecule has 0 aliphatic heterocycles. The van der Waals surface area contributed by atoms with E-state index >= 15 is 0 Å². The minimum atomic E-state index is -3.91. The number of carbonyl (C=O) groups excluding carboxylic acids is 2. The molecule has 0 spiro atoms. The van der Waals surface area contributed by atoms with Gasteiger partial charge in [-0.1, -0.05) is 12.1 Å². The Hall–Kier alpha value is -3.47. The zero-order valence-corrected chi connectivity index (χ0v) is 23.5. The molecular weight excluding hydrogens is 498 g/mol. The van der Waals surface area contributed by atoms with Crippen LogP contribution in [0.2, 0.25) is 0 Å². The third-order valence-electron chi connectivity index (χ3n) is 5.49. The van der Waals surface area contributed by atoms with Crippen molar-refractivity contribution in [3.05, 3.63) is 48.0 Å². The summed E-state index contributed by atoms with van der Waals surface area (Å²) in [6, 6.07) is 10.8. The van der Waals surface area contributed by atoms with Crippen molar-refractivity contribution in [3.8, 4) is 17.2 Å². The maximum absolute atomic E-state index is 13.7. The average Bonchev–Trinajstić information content (AvgIpc) is 2.83. The van der Waals surface area contributed by atoms with Crippen molar-refractivity contribution in [2.45, 2.75) is 45.8 Å². The lowest BCUT2D eigenvalue weighted by Crippen LogP contribution is -2.54. The fourth-order valence-corrected chi connectivity index (χ4v) is 4.46. The van der Waals surface area contributed by atoms with Crippen molar-refractivity contribution in [2.75, 3.05) is 38.4 Å². The van der Waals surface area contributed by atoms with Crippen LogP contribution in [0.5, 0.6) is 17.2 Å². The molecule has 204 valence electrons. The first kappa shape index (κ1) is 29.8. The Morgan fingerprint density at radius 3 is 2.14 bits per heavy atom. The zero-order valence-electron chi connectivity index (χ0n) is 22.7. The first-order chi connectivity index (χ1) is 17.2. The van der Waals surface area contributed by atoms with Crippen molar-refractivity contribution in [1.82, 2.24) is 10.2 Å². The molecule has 2 aromatic rings. The summed E-state index contributed by atoms with van der Waals surface area (Å²) < 4.78 is 42.5. The van der Waals surface area contributed by atoms with E-state index in [-0.39, 0.29) is 23.9 Å². The van der Waals surface area contributed by atoms with E-state index in [9.17, 15) is 18.0 Å². The van der Waals surface area contributed by atoms with E-state index in [0.717, 1.165) is 16.1 Å². The van der Waals surface area contributed by atoms with Gasteiger partial charge >= 0.3 is 0 Å². The number of nitrogens with one attached hydrogen (secondary N) is 1. The second-order valence-electron chi connectivity index (χ2n) is 9.60. The van der Waals surface area contributed by atoms with Gasteiger partial charge < -0.3 is 24.4 Å². The monoisotopic (exact) mass is 535 g/mol. The van der Waals surface area contributed by atoms with E-state index in [0.29, 0.717) is 11.5 Å². The normalized spacial score (nSPS) is 12.3. The van der Waals surface area contributed by atoms with Crippen LogP contribution in [-0.4, -0.2) is 70.8 Å². The number of rotatable bonds is 11. The predicted molar refractivity (Wildman–Crippen MR) is 143 cm³/mol. The molecule has 10 nitrogen and oxygen atoms in total. The first-order valence-electron chi connectivity index (χ1n) is 11.6. The number of methoxy groups -OCH3 is 3. The van der Waals surface area contributed by atoms with Gasteiger partial charge in [-0.25, -0.2) is 8.42 Å². The SMILES string of the molecule is COc1cccc(CN(C(=O)CN(c2ccc(OC)cc2OC)S(C)(=O)=O)[C@@H](C)C(=O)NC(C)(C)C)c1. The fourth-order valence-electron chi connectivity index (χ4n) is 3.61. The van der Waals surface area contributed by atoms with Gasteiger partial charge in [-0.2, -0.15) is 0 Å². The lowest BCUT2D eigenvalue weighted by Gasteiger charge is -2.33. The second kappa shape index (κ2) is 12.2. The Kier molecular flexibility index (Phi) is 9.80. The molecule has 11 heteroatoms. The van der Waals surface area contributed by atoms with Gasteiger partial charge in [0, 0.05) is 18.2 Å². The van der Waals surface area contributed by atoms with Gasteiger partial charge in [0.25, 0.3) is 0 Å². The number of amides is 2. The molecule has 0 unspecified atom stereocenters. The largest absolute Gasteiger partial charge is 0.497 e. The number of hydrogen-bond acceptors (Lipinski definition) is 7. The van der Waals surface area contributed by atoms with E-state index in [4.69, 9.17) is 14.2 Å². The van der Waals surface area contributed by atoms with Gasteiger partial charge in [0.1, 0.15) is 29.8 Å². The van der Waals surface area contributed by atoms with Gasteiger partial charge in [-0.3, -0.25) is 13.9 Å². The Morgan fingerprint density at radius 2 is 1.59 bits per heavy atom. The molecule has 0 fully saturated rings. The predicted octanol–water partition coefficient (Wildman–Crippen LogP) is 2.81. The third-order valence-corrected chi connectivity index (χ3v) is 6.61. The van der Waals surface area contributed by atoms with Gasteiger partial charge in [-0.15, -0.1) is 0 Å². The smallest absolute Gasteiger partial charge is 0.244 e. The van der Waals surface area contributed by atoms with Gasteiger partial charge in [0.05, 0.1) is 33.3 Å².